The number of aromatic nitrogens is 6. The van der Waals surface area contributed by atoms with Crippen LogP contribution in [0.5, 0.6) is 0 Å². The third-order valence-corrected chi connectivity index (χ3v) is 11.1. The summed E-state index contributed by atoms with van der Waals surface area (Å²) >= 11 is 0. The van der Waals surface area contributed by atoms with Crippen molar-refractivity contribution in [3.8, 4) is 11.5 Å². The Bertz CT molecular complexity index is 3070. The first-order valence-corrected chi connectivity index (χ1v) is 18.4. The fraction of sp³-hybridized carbons (Fsp3) is 0. The number of fused-ring (bicyclic) bond motifs is 9. The van der Waals surface area contributed by atoms with Gasteiger partial charge in [-0.3, -0.25) is 19.0 Å². The Morgan fingerprint density at radius 1 is 0.509 bits per heavy atom. The molecule has 0 saturated carbocycles. The molecule has 10 aromatic rings. The molecule has 0 unspecified atom stereocenters. The lowest BCUT2D eigenvalue weighted by Crippen LogP contribution is -2.60. The second-order valence-electron chi connectivity index (χ2n) is 13.9. The van der Waals surface area contributed by atoms with Gasteiger partial charge in [-0.2, -0.15) is 0 Å². The third-order valence-electron chi connectivity index (χ3n) is 11.1. The molecule has 2 aliphatic heterocycles. The van der Waals surface area contributed by atoms with Gasteiger partial charge >= 0.3 is 0 Å². The smallest absolute Gasteiger partial charge is 0.252 e. The maximum Gasteiger partial charge on any atom is 0.252 e. The zero-order valence-corrected chi connectivity index (χ0v) is 29.4. The van der Waals surface area contributed by atoms with Crippen LogP contribution in [0.25, 0.3) is 44.5 Å². The van der Waals surface area contributed by atoms with E-state index in [-0.39, 0.29) is 6.71 Å². The monoisotopic (exact) mass is 704 g/mol. The molecule has 8 nitrogen and oxygen atoms in total. The van der Waals surface area contributed by atoms with Gasteiger partial charge in [-0.05, 0) is 95.3 Å². The fourth-order valence-corrected chi connectivity index (χ4v) is 9.01. The predicted octanol–water partition coefficient (Wildman–Crippen LogP) is 8.39. The van der Waals surface area contributed by atoms with Gasteiger partial charge in [0.1, 0.15) is 23.1 Å². The van der Waals surface area contributed by atoms with Crippen molar-refractivity contribution in [2.24, 2.45) is 0 Å². The number of rotatable bonds is 5. The minimum Gasteiger partial charge on any atom is -0.311 e. The minimum atomic E-state index is -0.0417. The van der Waals surface area contributed by atoms with Crippen LogP contribution in [-0.4, -0.2) is 35.8 Å². The van der Waals surface area contributed by atoms with Crippen LogP contribution in [0, 0.1) is 0 Å². The molecule has 0 atom stereocenters. The van der Waals surface area contributed by atoms with Crippen LogP contribution in [0.1, 0.15) is 0 Å². The summed E-state index contributed by atoms with van der Waals surface area (Å²) in [5.41, 5.74) is 13.2. The normalized spacial score (nSPS) is 12.7. The number of para-hydroxylation sites is 3. The van der Waals surface area contributed by atoms with E-state index in [1.807, 2.05) is 67.3 Å². The molecular formula is C46H29BN8. The Morgan fingerprint density at radius 2 is 1.20 bits per heavy atom. The van der Waals surface area contributed by atoms with Crippen LogP contribution in [-0.2, 0) is 0 Å². The molecule has 0 aliphatic carbocycles. The number of hydrogen-bond acceptors (Lipinski definition) is 6. The van der Waals surface area contributed by atoms with E-state index in [2.05, 4.69) is 128 Å². The molecule has 8 heterocycles. The van der Waals surface area contributed by atoms with Crippen molar-refractivity contribution in [1.82, 2.24) is 29.1 Å². The van der Waals surface area contributed by atoms with E-state index < -0.39 is 0 Å². The van der Waals surface area contributed by atoms with E-state index in [1.54, 1.807) is 0 Å². The molecule has 6 aromatic heterocycles. The first-order valence-electron chi connectivity index (χ1n) is 18.4. The molecule has 9 heteroatoms. The van der Waals surface area contributed by atoms with E-state index >= 15 is 0 Å². The van der Waals surface area contributed by atoms with Crippen molar-refractivity contribution in [2.45, 2.75) is 0 Å². The van der Waals surface area contributed by atoms with Crippen molar-refractivity contribution >= 4 is 90.5 Å². The van der Waals surface area contributed by atoms with Crippen molar-refractivity contribution in [1.29, 1.82) is 0 Å². The zero-order valence-electron chi connectivity index (χ0n) is 29.4. The Hall–Kier alpha value is -7.52. The Balaban J connectivity index is 1.29. The zero-order chi connectivity index (χ0) is 36.0. The Labute approximate surface area is 316 Å². The number of nitrogens with zero attached hydrogens (tertiary/aromatic N) is 8. The standard InChI is InChI=1S/C46H29BN8/c1-2-14-30(15-3-1)52-36-19-7-5-17-33(36)47-34-23-27-51-44-42-32-16-4-6-18-35(32)54(41-22-10-13-26-50-41)46(42)55(45(34)44)38-29-31(28-37(52)43(38)47)53(39-20-8-11-24-48-39)40-21-9-12-25-49-40/h1-29H. The summed E-state index contributed by atoms with van der Waals surface area (Å²) in [7, 11) is 0. The lowest BCUT2D eigenvalue weighted by Gasteiger charge is -2.41. The quantitative estimate of drug-likeness (QED) is 0.168. The highest BCUT2D eigenvalue weighted by Crippen LogP contribution is 2.46. The molecule has 0 radical (unpaired) electrons. The maximum atomic E-state index is 5.19. The van der Waals surface area contributed by atoms with E-state index in [4.69, 9.17) is 19.9 Å². The second kappa shape index (κ2) is 11.5. The van der Waals surface area contributed by atoms with Gasteiger partial charge in [0, 0.05) is 52.9 Å². The van der Waals surface area contributed by atoms with Gasteiger partial charge in [0.05, 0.1) is 27.6 Å². The molecule has 12 rings (SSSR count). The number of benzene rings is 4. The molecule has 0 bridgehead atoms. The summed E-state index contributed by atoms with van der Waals surface area (Å²) in [5, 5.41) is 2.24. The van der Waals surface area contributed by atoms with Crippen LogP contribution >= 0.6 is 0 Å². The average Bonchev–Trinajstić information content (AvgIpc) is 3.77. The molecule has 0 amide bonds. The van der Waals surface area contributed by atoms with Crippen molar-refractivity contribution < 1.29 is 0 Å². The first kappa shape index (κ1) is 30.0. The summed E-state index contributed by atoms with van der Waals surface area (Å²) in [6.45, 7) is -0.0417. The van der Waals surface area contributed by atoms with E-state index in [0.29, 0.717) is 0 Å². The summed E-state index contributed by atoms with van der Waals surface area (Å²) < 4.78 is 4.75. The Kier molecular flexibility index (Phi) is 6.27. The molecule has 0 N–H and O–H groups in total. The third kappa shape index (κ3) is 4.17. The summed E-state index contributed by atoms with van der Waals surface area (Å²) in [6, 6.07) is 53.1. The molecule has 4 aromatic carbocycles. The van der Waals surface area contributed by atoms with Gasteiger partial charge in [0.25, 0.3) is 6.71 Å². The number of hydrogen-bond donors (Lipinski definition) is 0. The molecule has 0 saturated heterocycles. The lowest BCUT2D eigenvalue weighted by atomic mass is 9.34. The van der Waals surface area contributed by atoms with Gasteiger partial charge in [0.2, 0.25) is 0 Å². The van der Waals surface area contributed by atoms with E-state index in [0.717, 1.165) is 78.9 Å². The molecular weight excluding hydrogens is 675 g/mol. The van der Waals surface area contributed by atoms with Crippen LogP contribution in [0.2, 0.25) is 0 Å². The van der Waals surface area contributed by atoms with Gasteiger partial charge < -0.3 is 4.90 Å². The second-order valence-corrected chi connectivity index (χ2v) is 13.9. The van der Waals surface area contributed by atoms with Crippen molar-refractivity contribution in [3.05, 3.63) is 176 Å². The van der Waals surface area contributed by atoms with Crippen LogP contribution in [0.4, 0.5) is 34.4 Å². The Morgan fingerprint density at radius 3 is 1.96 bits per heavy atom. The molecule has 0 fully saturated rings. The largest absolute Gasteiger partial charge is 0.311 e. The van der Waals surface area contributed by atoms with Crippen LogP contribution < -0.4 is 26.2 Å². The number of anilines is 6. The molecule has 0 spiro atoms. The highest BCUT2D eigenvalue weighted by Gasteiger charge is 2.43. The molecule has 256 valence electrons. The minimum absolute atomic E-state index is 0.0417. The average molecular weight is 705 g/mol. The van der Waals surface area contributed by atoms with Crippen molar-refractivity contribution in [2.75, 3.05) is 9.80 Å². The topological polar surface area (TPSA) is 67.9 Å². The van der Waals surface area contributed by atoms with Crippen molar-refractivity contribution in [3.63, 3.8) is 0 Å². The highest BCUT2D eigenvalue weighted by molar-refractivity contribution is 7.00. The SMILES string of the molecule is c1ccc(N2c3ccccc3B3c4c2cc(N(c2ccccn2)c2ccccn2)cc4-n2c4c3ccnc4c3c4ccccc4n(-c4ccccn4)c32)cc1. The number of pyridine rings is 4. The fourth-order valence-electron chi connectivity index (χ4n) is 9.01. The van der Waals surface area contributed by atoms with Gasteiger partial charge in [0.15, 0.2) is 0 Å². The van der Waals surface area contributed by atoms with E-state index in [1.165, 1.54) is 16.4 Å². The van der Waals surface area contributed by atoms with Crippen LogP contribution in [0.3, 0.4) is 0 Å². The van der Waals surface area contributed by atoms with Crippen LogP contribution in [0.15, 0.2) is 176 Å². The predicted molar refractivity (Wildman–Crippen MR) is 223 cm³/mol. The summed E-state index contributed by atoms with van der Waals surface area (Å²) in [4.78, 5) is 24.4. The summed E-state index contributed by atoms with van der Waals surface area (Å²) in [6.07, 6.45) is 7.53. The van der Waals surface area contributed by atoms with E-state index in [9.17, 15) is 0 Å². The lowest BCUT2D eigenvalue weighted by molar-refractivity contribution is 1.02. The molecule has 55 heavy (non-hydrogen) atoms. The van der Waals surface area contributed by atoms with Gasteiger partial charge in [-0.25, -0.2) is 15.0 Å². The van der Waals surface area contributed by atoms with Gasteiger partial charge in [-0.15, -0.1) is 0 Å². The first-order chi connectivity index (χ1) is 27.3. The summed E-state index contributed by atoms with van der Waals surface area (Å²) in [5.74, 6) is 2.40. The maximum absolute atomic E-state index is 5.19. The highest BCUT2D eigenvalue weighted by atomic mass is 15.3. The molecule has 2 aliphatic rings. The van der Waals surface area contributed by atoms with Gasteiger partial charge in [-0.1, -0.05) is 72.8 Å².